The van der Waals surface area contributed by atoms with Gasteiger partial charge in [0.2, 0.25) is 0 Å². The molecule has 0 fully saturated rings. The maximum Gasteiger partial charge on any atom is 0.255 e. The number of hydrogen-bond acceptors (Lipinski definition) is 5. The summed E-state index contributed by atoms with van der Waals surface area (Å²) >= 11 is 1.59. The van der Waals surface area contributed by atoms with Crippen molar-refractivity contribution in [1.82, 2.24) is 4.98 Å². The molecule has 3 aromatic carbocycles. The normalized spacial score (nSPS) is 11.5. The van der Waals surface area contributed by atoms with Gasteiger partial charge in [-0.2, -0.15) is 0 Å². The highest BCUT2D eigenvalue weighted by Gasteiger charge is 2.13. The van der Waals surface area contributed by atoms with Gasteiger partial charge in [0.1, 0.15) is 5.01 Å². The van der Waals surface area contributed by atoms with Crippen molar-refractivity contribution in [3.63, 3.8) is 0 Å². The minimum absolute atomic E-state index is 0.114. The molecule has 0 saturated carbocycles. The van der Waals surface area contributed by atoms with Crippen molar-refractivity contribution in [3.05, 3.63) is 78.4 Å². The Balaban J connectivity index is 1.61. The molecule has 7 heteroatoms. The largest absolute Gasteiger partial charge is 0.322 e. The van der Waals surface area contributed by atoms with Crippen LogP contribution < -0.4 is 5.32 Å². The molecule has 1 amide bonds. The molecule has 0 spiro atoms. The zero-order valence-electron chi connectivity index (χ0n) is 14.9. The third-order valence-corrected chi connectivity index (χ3v) is 6.38. The van der Waals surface area contributed by atoms with Crippen LogP contribution in [0.4, 0.5) is 5.69 Å². The lowest BCUT2D eigenvalue weighted by molar-refractivity contribution is 0.102. The molecule has 4 rings (SSSR count). The van der Waals surface area contributed by atoms with E-state index >= 15 is 0 Å². The number of carbonyl (C=O) groups excluding carboxylic acids is 1. The highest BCUT2D eigenvalue weighted by Crippen LogP contribution is 2.31. The molecule has 0 aliphatic rings. The van der Waals surface area contributed by atoms with Crippen molar-refractivity contribution in [3.8, 4) is 10.6 Å². The number of carbonyl (C=O) groups is 1. The number of anilines is 1. The number of benzene rings is 3. The number of nitrogens with one attached hydrogen (secondary N) is 1. The predicted octanol–water partition coefficient (Wildman–Crippen LogP) is 4.62. The molecule has 140 valence electrons. The maximum absolute atomic E-state index is 12.6. The number of fused-ring (bicyclic) bond motifs is 1. The summed E-state index contributed by atoms with van der Waals surface area (Å²) in [6.07, 6.45) is 1.12. The summed E-state index contributed by atoms with van der Waals surface area (Å²) in [6.45, 7) is 0. The van der Waals surface area contributed by atoms with Gasteiger partial charge in [-0.15, -0.1) is 11.3 Å². The number of thiazole rings is 1. The summed E-state index contributed by atoms with van der Waals surface area (Å²) in [4.78, 5) is 17.3. The Kier molecular flexibility index (Phi) is 4.70. The van der Waals surface area contributed by atoms with E-state index in [9.17, 15) is 13.2 Å². The Morgan fingerprint density at radius 2 is 1.75 bits per heavy atom. The van der Waals surface area contributed by atoms with Crippen LogP contribution in [0.5, 0.6) is 0 Å². The van der Waals surface area contributed by atoms with Crippen LogP contribution in [-0.2, 0) is 9.84 Å². The van der Waals surface area contributed by atoms with E-state index in [0.29, 0.717) is 5.69 Å². The molecule has 0 bridgehead atoms. The SMILES string of the molecule is CS(=O)(=O)c1cccc(C(=O)Nc2cccc(-c3nc4ccccc4s3)c2)c1. The second-order valence-corrected chi connectivity index (χ2v) is 9.37. The van der Waals surface area contributed by atoms with Crippen molar-refractivity contribution >= 4 is 43.0 Å². The van der Waals surface area contributed by atoms with Crippen LogP contribution in [-0.4, -0.2) is 25.6 Å². The lowest BCUT2D eigenvalue weighted by Gasteiger charge is -2.07. The summed E-state index contributed by atoms with van der Waals surface area (Å²) in [5.74, 6) is -0.369. The average molecular weight is 409 g/mol. The minimum atomic E-state index is -3.37. The quantitative estimate of drug-likeness (QED) is 0.535. The van der Waals surface area contributed by atoms with E-state index in [0.717, 1.165) is 27.0 Å². The standard InChI is InChI=1S/C21H16N2O3S2/c1-28(25,26)17-9-5-6-14(13-17)20(24)22-16-8-4-7-15(12-16)21-23-18-10-2-3-11-19(18)27-21/h2-13H,1H3,(H,22,24). The van der Waals surface area contributed by atoms with Crippen LogP contribution in [0, 0.1) is 0 Å². The Hall–Kier alpha value is -3.03. The third-order valence-electron chi connectivity index (χ3n) is 4.19. The molecule has 1 heterocycles. The Labute approximate surface area is 166 Å². The van der Waals surface area contributed by atoms with Crippen molar-refractivity contribution in [2.45, 2.75) is 4.90 Å². The van der Waals surface area contributed by atoms with E-state index in [1.165, 1.54) is 12.1 Å². The van der Waals surface area contributed by atoms with Gasteiger partial charge in [-0.1, -0.05) is 30.3 Å². The lowest BCUT2D eigenvalue weighted by Crippen LogP contribution is -2.12. The predicted molar refractivity (Wildman–Crippen MR) is 113 cm³/mol. The Morgan fingerprint density at radius 1 is 0.964 bits per heavy atom. The highest BCUT2D eigenvalue weighted by molar-refractivity contribution is 7.90. The van der Waals surface area contributed by atoms with E-state index in [1.54, 1.807) is 29.5 Å². The molecule has 28 heavy (non-hydrogen) atoms. The molecule has 0 radical (unpaired) electrons. The number of sulfone groups is 1. The molecule has 4 aromatic rings. The van der Waals surface area contributed by atoms with Gasteiger partial charge in [-0.3, -0.25) is 4.79 Å². The molecular weight excluding hydrogens is 392 g/mol. The number of hydrogen-bond donors (Lipinski definition) is 1. The van der Waals surface area contributed by atoms with E-state index in [4.69, 9.17) is 0 Å². The number of rotatable bonds is 4. The van der Waals surface area contributed by atoms with Crippen LogP contribution in [0.25, 0.3) is 20.8 Å². The second kappa shape index (κ2) is 7.18. The summed E-state index contributed by atoms with van der Waals surface area (Å²) < 4.78 is 24.5. The average Bonchev–Trinajstić information content (AvgIpc) is 3.12. The van der Waals surface area contributed by atoms with Crippen LogP contribution in [0.3, 0.4) is 0 Å². The van der Waals surface area contributed by atoms with Gasteiger partial charge < -0.3 is 5.32 Å². The van der Waals surface area contributed by atoms with E-state index in [1.807, 2.05) is 42.5 Å². The van der Waals surface area contributed by atoms with Gasteiger partial charge in [0.25, 0.3) is 5.91 Å². The van der Waals surface area contributed by atoms with Crippen LogP contribution in [0.15, 0.2) is 77.7 Å². The second-order valence-electron chi connectivity index (χ2n) is 6.32. The summed E-state index contributed by atoms with van der Waals surface area (Å²) in [5, 5.41) is 3.70. The molecule has 0 aliphatic heterocycles. The third kappa shape index (κ3) is 3.81. The molecule has 0 unspecified atom stereocenters. The first-order valence-corrected chi connectivity index (χ1v) is 11.2. The first-order chi connectivity index (χ1) is 13.4. The molecule has 1 aromatic heterocycles. The topological polar surface area (TPSA) is 76.1 Å². The smallest absolute Gasteiger partial charge is 0.255 e. The van der Waals surface area contributed by atoms with Gasteiger partial charge in [0, 0.05) is 23.1 Å². The van der Waals surface area contributed by atoms with Crippen LogP contribution in [0.1, 0.15) is 10.4 Å². The first-order valence-electron chi connectivity index (χ1n) is 8.48. The van der Waals surface area contributed by atoms with Gasteiger partial charge in [0.15, 0.2) is 9.84 Å². The molecule has 5 nitrogen and oxygen atoms in total. The van der Waals surface area contributed by atoms with Gasteiger partial charge >= 0.3 is 0 Å². The minimum Gasteiger partial charge on any atom is -0.322 e. The molecular formula is C21H16N2O3S2. The molecule has 0 aliphatic carbocycles. The summed E-state index contributed by atoms with van der Waals surface area (Å²) in [6, 6.07) is 21.4. The maximum atomic E-state index is 12.6. The van der Waals surface area contributed by atoms with Gasteiger partial charge in [-0.05, 0) is 42.5 Å². The van der Waals surface area contributed by atoms with Crippen molar-refractivity contribution in [2.24, 2.45) is 0 Å². The number of nitrogens with zero attached hydrogens (tertiary/aromatic N) is 1. The highest BCUT2D eigenvalue weighted by atomic mass is 32.2. The first kappa shape index (κ1) is 18.3. The summed E-state index contributed by atoms with van der Waals surface area (Å²) in [7, 11) is -3.37. The van der Waals surface area contributed by atoms with Crippen LogP contribution >= 0.6 is 11.3 Å². The molecule has 1 N–H and O–H groups in total. The fraction of sp³-hybridized carbons (Fsp3) is 0.0476. The fourth-order valence-corrected chi connectivity index (χ4v) is 4.43. The fourth-order valence-electron chi connectivity index (χ4n) is 2.80. The number of amides is 1. The van der Waals surface area contributed by atoms with Crippen molar-refractivity contribution < 1.29 is 13.2 Å². The Morgan fingerprint density at radius 3 is 2.54 bits per heavy atom. The molecule has 0 atom stereocenters. The molecule has 0 saturated heterocycles. The van der Waals surface area contributed by atoms with E-state index in [-0.39, 0.29) is 16.4 Å². The van der Waals surface area contributed by atoms with Crippen LogP contribution in [0.2, 0.25) is 0 Å². The van der Waals surface area contributed by atoms with E-state index in [2.05, 4.69) is 10.3 Å². The number of para-hydroxylation sites is 1. The van der Waals surface area contributed by atoms with Crippen molar-refractivity contribution in [2.75, 3.05) is 11.6 Å². The Bertz CT molecular complexity index is 1260. The lowest BCUT2D eigenvalue weighted by atomic mass is 10.2. The zero-order valence-corrected chi connectivity index (χ0v) is 16.5. The number of aromatic nitrogens is 1. The van der Waals surface area contributed by atoms with Gasteiger partial charge in [-0.25, -0.2) is 13.4 Å². The monoisotopic (exact) mass is 408 g/mol. The van der Waals surface area contributed by atoms with E-state index < -0.39 is 9.84 Å². The van der Waals surface area contributed by atoms with Crippen molar-refractivity contribution in [1.29, 1.82) is 0 Å². The van der Waals surface area contributed by atoms with Gasteiger partial charge in [0.05, 0.1) is 15.1 Å². The zero-order chi connectivity index (χ0) is 19.7. The summed E-state index contributed by atoms with van der Waals surface area (Å²) in [5.41, 5.74) is 2.75.